The predicted octanol–water partition coefficient (Wildman–Crippen LogP) is 0.655. The van der Waals surface area contributed by atoms with Crippen LogP contribution in [0.4, 0.5) is 0 Å². The second-order valence-corrected chi connectivity index (χ2v) is 6.44. The van der Waals surface area contributed by atoms with E-state index in [1.807, 2.05) is 6.07 Å². The lowest BCUT2D eigenvalue weighted by atomic mass is 9.90. The fourth-order valence-electron chi connectivity index (χ4n) is 3.19. The molecule has 4 N–H and O–H groups in total. The van der Waals surface area contributed by atoms with Crippen LogP contribution in [0, 0.1) is 0 Å². The molecule has 0 spiro atoms. The van der Waals surface area contributed by atoms with Crippen molar-refractivity contribution in [1.82, 2.24) is 0 Å². The fraction of sp³-hybridized carbons (Fsp3) is 0.350. The number of benzene rings is 2. The van der Waals surface area contributed by atoms with Crippen molar-refractivity contribution in [3.63, 3.8) is 0 Å². The molecule has 2 aromatic carbocycles. The standard InChI is InChI=1S/C20H22O7/c1-26-20(25)14-4-2-3-13(9-14)11-5-7-12(8-6-11)19-18(24)17(23)16(22)15(10-21)27-19/h2-9,15-19,21-24H,10H2,1H3. The molecule has 3 rings (SSSR count). The zero-order chi connectivity index (χ0) is 19.6. The SMILES string of the molecule is COC(=O)c1cccc(-c2ccc(C3OC(CO)C(O)C(O)C3O)cc2)c1. The quantitative estimate of drug-likeness (QED) is 0.581. The summed E-state index contributed by atoms with van der Waals surface area (Å²) in [7, 11) is 1.32. The maximum atomic E-state index is 11.7. The van der Waals surface area contributed by atoms with E-state index in [1.54, 1.807) is 42.5 Å². The van der Waals surface area contributed by atoms with Crippen LogP contribution in [-0.4, -0.2) is 64.5 Å². The van der Waals surface area contributed by atoms with Gasteiger partial charge >= 0.3 is 5.97 Å². The molecule has 0 aromatic heterocycles. The molecule has 0 aliphatic carbocycles. The number of rotatable bonds is 4. The Morgan fingerprint density at radius 3 is 2.33 bits per heavy atom. The molecule has 0 bridgehead atoms. The third-order valence-electron chi connectivity index (χ3n) is 4.75. The first-order valence-electron chi connectivity index (χ1n) is 8.55. The predicted molar refractivity (Wildman–Crippen MR) is 95.9 cm³/mol. The zero-order valence-corrected chi connectivity index (χ0v) is 14.7. The number of aliphatic hydroxyl groups excluding tert-OH is 4. The lowest BCUT2D eigenvalue weighted by Gasteiger charge is -2.40. The first-order chi connectivity index (χ1) is 13.0. The molecule has 5 atom stereocenters. The lowest BCUT2D eigenvalue weighted by Crippen LogP contribution is -2.55. The van der Waals surface area contributed by atoms with E-state index in [-0.39, 0.29) is 0 Å². The van der Waals surface area contributed by atoms with E-state index in [2.05, 4.69) is 0 Å². The Labute approximate surface area is 156 Å². The van der Waals surface area contributed by atoms with Gasteiger partial charge < -0.3 is 29.9 Å². The molecular weight excluding hydrogens is 352 g/mol. The Bertz CT molecular complexity index is 787. The van der Waals surface area contributed by atoms with Crippen molar-refractivity contribution < 1.29 is 34.7 Å². The fourth-order valence-corrected chi connectivity index (χ4v) is 3.19. The van der Waals surface area contributed by atoms with Crippen molar-refractivity contribution in [2.75, 3.05) is 13.7 Å². The molecule has 0 saturated carbocycles. The molecule has 1 saturated heterocycles. The van der Waals surface area contributed by atoms with Crippen molar-refractivity contribution in [3.05, 3.63) is 59.7 Å². The van der Waals surface area contributed by atoms with Crippen LogP contribution >= 0.6 is 0 Å². The average Bonchev–Trinajstić information content (AvgIpc) is 2.72. The summed E-state index contributed by atoms with van der Waals surface area (Å²) in [5.41, 5.74) is 2.69. The minimum atomic E-state index is -1.42. The normalized spacial score (nSPS) is 28.0. The highest BCUT2D eigenvalue weighted by Crippen LogP contribution is 2.33. The zero-order valence-electron chi connectivity index (χ0n) is 14.7. The van der Waals surface area contributed by atoms with Gasteiger partial charge in [0.25, 0.3) is 0 Å². The number of methoxy groups -OCH3 is 1. The molecule has 5 unspecified atom stereocenters. The maximum absolute atomic E-state index is 11.7. The monoisotopic (exact) mass is 374 g/mol. The number of aliphatic hydroxyl groups is 4. The summed E-state index contributed by atoms with van der Waals surface area (Å²) >= 11 is 0. The number of esters is 1. The van der Waals surface area contributed by atoms with Crippen LogP contribution in [0.15, 0.2) is 48.5 Å². The van der Waals surface area contributed by atoms with Crippen LogP contribution in [0.5, 0.6) is 0 Å². The summed E-state index contributed by atoms with van der Waals surface area (Å²) in [5.74, 6) is -0.421. The number of carbonyl (C=O) groups excluding carboxylic acids is 1. The maximum Gasteiger partial charge on any atom is 0.337 e. The Kier molecular flexibility index (Phi) is 5.88. The van der Waals surface area contributed by atoms with Gasteiger partial charge in [-0.1, -0.05) is 36.4 Å². The van der Waals surface area contributed by atoms with E-state index in [9.17, 15) is 25.2 Å². The molecule has 27 heavy (non-hydrogen) atoms. The van der Waals surface area contributed by atoms with Crippen LogP contribution in [0.3, 0.4) is 0 Å². The molecule has 1 aliphatic heterocycles. The van der Waals surface area contributed by atoms with Gasteiger partial charge in [0.15, 0.2) is 0 Å². The van der Waals surface area contributed by atoms with Gasteiger partial charge in [-0.3, -0.25) is 0 Å². The van der Waals surface area contributed by atoms with Gasteiger partial charge in [-0.05, 0) is 28.8 Å². The van der Waals surface area contributed by atoms with Gasteiger partial charge in [0.2, 0.25) is 0 Å². The molecule has 1 aliphatic rings. The summed E-state index contributed by atoms with van der Waals surface area (Å²) in [6, 6.07) is 14.1. The van der Waals surface area contributed by atoms with Crippen LogP contribution < -0.4 is 0 Å². The highest BCUT2D eigenvalue weighted by Gasteiger charge is 2.43. The van der Waals surface area contributed by atoms with E-state index in [4.69, 9.17) is 9.47 Å². The first-order valence-corrected chi connectivity index (χ1v) is 8.55. The van der Waals surface area contributed by atoms with E-state index < -0.39 is 43.1 Å². The van der Waals surface area contributed by atoms with Crippen LogP contribution in [0.2, 0.25) is 0 Å². The number of hydrogen-bond donors (Lipinski definition) is 4. The number of carbonyl (C=O) groups is 1. The smallest absolute Gasteiger partial charge is 0.337 e. The second-order valence-electron chi connectivity index (χ2n) is 6.44. The van der Waals surface area contributed by atoms with Crippen molar-refractivity contribution in [2.24, 2.45) is 0 Å². The van der Waals surface area contributed by atoms with Gasteiger partial charge in [0.05, 0.1) is 19.3 Å². The summed E-state index contributed by atoms with van der Waals surface area (Å²) < 4.78 is 10.3. The van der Waals surface area contributed by atoms with E-state index in [1.165, 1.54) is 7.11 Å². The molecular formula is C20H22O7. The number of hydrogen-bond acceptors (Lipinski definition) is 7. The summed E-state index contributed by atoms with van der Waals surface area (Å²) in [6.07, 6.45) is -5.96. The lowest BCUT2D eigenvalue weighted by molar-refractivity contribution is -0.231. The van der Waals surface area contributed by atoms with Crippen molar-refractivity contribution in [3.8, 4) is 11.1 Å². The van der Waals surface area contributed by atoms with Gasteiger partial charge in [0, 0.05) is 0 Å². The highest BCUT2D eigenvalue weighted by molar-refractivity contribution is 5.90. The Morgan fingerprint density at radius 1 is 1.00 bits per heavy atom. The van der Waals surface area contributed by atoms with Crippen molar-refractivity contribution in [2.45, 2.75) is 30.5 Å². The summed E-state index contributed by atoms with van der Waals surface area (Å²) in [6.45, 7) is -0.472. The summed E-state index contributed by atoms with van der Waals surface area (Å²) in [4.78, 5) is 11.7. The van der Waals surface area contributed by atoms with Crippen LogP contribution in [-0.2, 0) is 9.47 Å². The van der Waals surface area contributed by atoms with E-state index in [0.717, 1.165) is 11.1 Å². The first kappa shape index (κ1) is 19.5. The Balaban J connectivity index is 1.84. The van der Waals surface area contributed by atoms with Gasteiger partial charge in [-0.15, -0.1) is 0 Å². The summed E-state index contributed by atoms with van der Waals surface area (Å²) in [5, 5.41) is 39.3. The Hall–Kier alpha value is -2.29. The van der Waals surface area contributed by atoms with Gasteiger partial charge in [0.1, 0.15) is 30.5 Å². The molecule has 0 amide bonds. The van der Waals surface area contributed by atoms with E-state index in [0.29, 0.717) is 11.1 Å². The van der Waals surface area contributed by atoms with E-state index >= 15 is 0 Å². The minimum absolute atomic E-state index is 0.421. The number of ether oxygens (including phenoxy) is 2. The second kappa shape index (κ2) is 8.16. The average molecular weight is 374 g/mol. The molecule has 7 heteroatoms. The largest absolute Gasteiger partial charge is 0.465 e. The van der Waals surface area contributed by atoms with Crippen LogP contribution in [0.25, 0.3) is 11.1 Å². The third-order valence-corrected chi connectivity index (χ3v) is 4.75. The van der Waals surface area contributed by atoms with Gasteiger partial charge in [-0.25, -0.2) is 4.79 Å². The molecule has 144 valence electrons. The molecule has 7 nitrogen and oxygen atoms in total. The molecule has 2 aromatic rings. The Morgan fingerprint density at radius 2 is 1.70 bits per heavy atom. The minimum Gasteiger partial charge on any atom is -0.465 e. The molecule has 0 radical (unpaired) electrons. The van der Waals surface area contributed by atoms with Crippen molar-refractivity contribution in [1.29, 1.82) is 0 Å². The molecule has 1 fully saturated rings. The topological polar surface area (TPSA) is 116 Å². The van der Waals surface area contributed by atoms with Crippen molar-refractivity contribution >= 4 is 5.97 Å². The third kappa shape index (κ3) is 3.87. The highest BCUT2D eigenvalue weighted by atomic mass is 16.5. The van der Waals surface area contributed by atoms with Gasteiger partial charge in [-0.2, -0.15) is 0 Å². The molecule has 1 heterocycles. The van der Waals surface area contributed by atoms with Crippen LogP contribution in [0.1, 0.15) is 22.0 Å².